The molecule has 0 aliphatic carbocycles. The SMILES string of the molecule is C=CCn1c(=NC(=O)c2ccc(S(=O)(=O)N3CCCc4ccccc43)cc2)sc2cccc(Cl)c21. The van der Waals surface area contributed by atoms with E-state index in [0.29, 0.717) is 34.2 Å². The van der Waals surface area contributed by atoms with Crippen LogP contribution in [0.5, 0.6) is 0 Å². The Kier molecular flexibility index (Phi) is 6.35. The molecular weight excluding hydrogens is 502 g/mol. The van der Waals surface area contributed by atoms with Crippen molar-refractivity contribution in [2.24, 2.45) is 4.99 Å². The number of sulfonamides is 1. The summed E-state index contributed by atoms with van der Waals surface area (Å²) in [5.74, 6) is -0.460. The van der Waals surface area contributed by atoms with Gasteiger partial charge in [-0.05, 0) is 60.9 Å². The maximum atomic E-state index is 13.4. The largest absolute Gasteiger partial charge is 0.311 e. The standard InChI is InChI=1S/C26H22ClN3O3S2/c1-2-16-29-24-21(27)9-5-11-23(24)34-26(29)28-25(31)19-12-14-20(15-13-19)35(32,33)30-17-6-8-18-7-3-4-10-22(18)30/h2-5,7,9-15H,1,6,8,16-17H2. The summed E-state index contributed by atoms with van der Waals surface area (Å²) in [6.45, 7) is 4.66. The molecule has 0 N–H and O–H groups in total. The third-order valence-corrected chi connectivity index (χ3v) is 9.09. The monoisotopic (exact) mass is 523 g/mol. The van der Waals surface area contributed by atoms with E-state index in [-0.39, 0.29) is 4.90 Å². The van der Waals surface area contributed by atoms with E-state index in [0.717, 1.165) is 28.6 Å². The second kappa shape index (κ2) is 9.45. The van der Waals surface area contributed by atoms with Gasteiger partial charge in [0.2, 0.25) is 0 Å². The number of allylic oxidation sites excluding steroid dienone is 1. The molecule has 0 bridgehead atoms. The Labute approximate surface area is 212 Å². The average Bonchev–Trinajstić information content (AvgIpc) is 3.22. The molecule has 0 spiro atoms. The number of carbonyl (C=O) groups excluding carboxylic acids is 1. The van der Waals surface area contributed by atoms with Gasteiger partial charge in [0.05, 0.1) is 25.8 Å². The number of carbonyl (C=O) groups is 1. The molecule has 1 aliphatic heterocycles. The summed E-state index contributed by atoms with van der Waals surface area (Å²) in [6.07, 6.45) is 3.33. The number of aromatic nitrogens is 1. The van der Waals surface area contributed by atoms with Crippen molar-refractivity contribution < 1.29 is 13.2 Å². The quantitative estimate of drug-likeness (QED) is 0.328. The maximum absolute atomic E-state index is 13.4. The molecular formula is C26H22ClN3O3S2. The third-order valence-electron chi connectivity index (χ3n) is 5.92. The van der Waals surface area contributed by atoms with Crippen LogP contribution in [-0.2, 0) is 23.0 Å². The van der Waals surface area contributed by atoms with Gasteiger partial charge in [-0.2, -0.15) is 4.99 Å². The van der Waals surface area contributed by atoms with E-state index in [4.69, 9.17) is 11.6 Å². The third kappa shape index (κ3) is 4.33. The predicted octanol–water partition coefficient (Wildman–Crippen LogP) is 5.42. The Hall–Kier alpha value is -3.20. The Bertz CT molecular complexity index is 1620. The van der Waals surface area contributed by atoms with Gasteiger partial charge in [-0.25, -0.2) is 8.42 Å². The maximum Gasteiger partial charge on any atom is 0.279 e. The highest BCUT2D eigenvalue weighted by atomic mass is 35.5. The van der Waals surface area contributed by atoms with Gasteiger partial charge in [0.25, 0.3) is 15.9 Å². The van der Waals surface area contributed by atoms with Crippen molar-refractivity contribution in [3.63, 3.8) is 0 Å². The van der Waals surface area contributed by atoms with Crippen molar-refractivity contribution in [1.82, 2.24) is 4.57 Å². The summed E-state index contributed by atoms with van der Waals surface area (Å²) in [6, 6.07) is 19.1. The first kappa shape index (κ1) is 23.5. The summed E-state index contributed by atoms with van der Waals surface area (Å²) in [4.78, 5) is 17.9. The van der Waals surface area contributed by atoms with Crippen molar-refractivity contribution in [3.05, 3.63) is 100 Å². The van der Waals surface area contributed by atoms with Gasteiger partial charge in [-0.1, -0.05) is 53.3 Å². The Balaban J connectivity index is 1.48. The number of halogens is 1. The van der Waals surface area contributed by atoms with Crippen LogP contribution in [0, 0.1) is 0 Å². The predicted molar refractivity (Wildman–Crippen MR) is 141 cm³/mol. The zero-order chi connectivity index (χ0) is 24.6. The Morgan fingerprint density at radius 2 is 1.86 bits per heavy atom. The zero-order valence-corrected chi connectivity index (χ0v) is 21.1. The number of anilines is 1. The lowest BCUT2D eigenvalue weighted by Crippen LogP contribution is -2.35. The molecule has 1 aliphatic rings. The number of amides is 1. The van der Waals surface area contributed by atoms with E-state index >= 15 is 0 Å². The minimum atomic E-state index is -3.75. The molecule has 6 nitrogen and oxygen atoms in total. The molecule has 0 radical (unpaired) electrons. The molecule has 35 heavy (non-hydrogen) atoms. The van der Waals surface area contributed by atoms with Crippen LogP contribution >= 0.6 is 22.9 Å². The van der Waals surface area contributed by atoms with Crippen molar-refractivity contribution in [1.29, 1.82) is 0 Å². The van der Waals surface area contributed by atoms with Crippen LogP contribution in [0.25, 0.3) is 10.2 Å². The molecule has 178 valence electrons. The number of aryl methyl sites for hydroxylation is 1. The highest BCUT2D eigenvalue weighted by Crippen LogP contribution is 2.32. The number of para-hydroxylation sites is 2. The van der Waals surface area contributed by atoms with E-state index in [1.54, 1.807) is 12.1 Å². The average molecular weight is 524 g/mol. The summed E-state index contributed by atoms with van der Waals surface area (Å²) < 4.78 is 30.9. The summed E-state index contributed by atoms with van der Waals surface area (Å²) in [7, 11) is -3.75. The Morgan fingerprint density at radius 3 is 2.63 bits per heavy atom. The molecule has 5 rings (SSSR count). The van der Waals surface area contributed by atoms with Crippen molar-refractivity contribution in [3.8, 4) is 0 Å². The molecule has 0 fully saturated rings. The van der Waals surface area contributed by atoms with Crippen LogP contribution in [0.2, 0.25) is 5.02 Å². The van der Waals surface area contributed by atoms with Gasteiger partial charge in [-0.15, -0.1) is 6.58 Å². The van der Waals surface area contributed by atoms with Crippen LogP contribution in [0.4, 0.5) is 5.69 Å². The number of hydrogen-bond donors (Lipinski definition) is 0. The number of nitrogens with zero attached hydrogens (tertiary/aromatic N) is 3. The molecule has 0 saturated carbocycles. The van der Waals surface area contributed by atoms with Crippen LogP contribution < -0.4 is 9.11 Å². The summed E-state index contributed by atoms with van der Waals surface area (Å²) >= 11 is 7.75. The van der Waals surface area contributed by atoms with Crippen LogP contribution in [0.3, 0.4) is 0 Å². The van der Waals surface area contributed by atoms with E-state index in [1.807, 2.05) is 41.0 Å². The fourth-order valence-electron chi connectivity index (χ4n) is 4.27. The molecule has 1 amide bonds. The minimum absolute atomic E-state index is 0.140. The van der Waals surface area contributed by atoms with Gasteiger partial charge in [0, 0.05) is 18.7 Å². The zero-order valence-electron chi connectivity index (χ0n) is 18.7. The first-order valence-electron chi connectivity index (χ1n) is 11.1. The lowest BCUT2D eigenvalue weighted by atomic mass is 10.0. The van der Waals surface area contributed by atoms with Gasteiger partial charge in [0.1, 0.15) is 0 Å². The van der Waals surface area contributed by atoms with Crippen molar-refractivity contribution in [2.75, 3.05) is 10.8 Å². The van der Waals surface area contributed by atoms with E-state index < -0.39 is 15.9 Å². The molecule has 0 unspecified atom stereocenters. The molecule has 3 aromatic carbocycles. The fraction of sp³-hybridized carbons (Fsp3) is 0.154. The number of hydrogen-bond acceptors (Lipinski definition) is 4. The molecule has 9 heteroatoms. The topological polar surface area (TPSA) is 71.7 Å². The first-order chi connectivity index (χ1) is 16.9. The molecule has 1 aromatic heterocycles. The summed E-state index contributed by atoms with van der Waals surface area (Å²) in [5, 5.41) is 0.573. The van der Waals surface area contributed by atoms with Gasteiger partial charge >= 0.3 is 0 Å². The molecule has 4 aromatic rings. The molecule has 0 atom stereocenters. The van der Waals surface area contributed by atoms with Crippen molar-refractivity contribution in [2.45, 2.75) is 24.3 Å². The van der Waals surface area contributed by atoms with Crippen LogP contribution in [0.15, 0.2) is 89.3 Å². The first-order valence-corrected chi connectivity index (χ1v) is 13.7. The van der Waals surface area contributed by atoms with Gasteiger partial charge < -0.3 is 4.57 Å². The van der Waals surface area contributed by atoms with E-state index in [2.05, 4.69) is 11.6 Å². The number of fused-ring (bicyclic) bond motifs is 2. The molecule has 0 saturated heterocycles. The Morgan fingerprint density at radius 1 is 1.09 bits per heavy atom. The lowest BCUT2D eigenvalue weighted by Gasteiger charge is -2.30. The summed E-state index contributed by atoms with van der Waals surface area (Å²) in [5.41, 5.74) is 2.83. The normalized spacial score (nSPS) is 14.2. The van der Waals surface area contributed by atoms with Crippen molar-refractivity contribution >= 4 is 54.8 Å². The minimum Gasteiger partial charge on any atom is -0.311 e. The smallest absolute Gasteiger partial charge is 0.279 e. The second-order valence-corrected chi connectivity index (χ2v) is 11.4. The highest BCUT2D eigenvalue weighted by molar-refractivity contribution is 7.92. The van der Waals surface area contributed by atoms with E-state index in [1.165, 1.54) is 39.9 Å². The second-order valence-electron chi connectivity index (χ2n) is 8.12. The fourth-order valence-corrected chi connectivity index (χ4v) is 7.21. The van der Waals surface area contributed by atoms with Gasteiger partial charge in [0.15, 0.2) is 4.80 Å². The lowest BCUT2D eigenvalue weighted by molar-refractivity contribution is 0.0998. The van der Waals surface area contributed by atoms with Crippen LogP contribution in [-0.4, -0.2) is 25.4 Å². The number of thiazole rings is 1. The highest BCUT2D eigenvalue weighted by Gasteiger charge is 2.29. The number of benzene rings is 3. The molecule has 2 heterocycles. The van der Waals surface area contributed by atoms with Gasteiger partial charge in [-0.3, -0.25) is 9.10 Å². The number of rotatable bonds is 5. The van der Waals surface area contributed by atoms with Crippen LogP contribution in [0.1, 0.15) is 22.3 Å². The van der Waals surface area contributed by atoms with E-state index in [9.17, 15) is 13.2 Å².